The van der Waals surface area contributed by atoms with Crippen molar-refractivity contribution >= 4 is 5.91 Å². The SMILES string of the molecule is O=C(NCCN1CCc2ccccc2C1)c1cnc(-c2ccccc2)nc1-c1ccncc1. The highest BCUT2D eigenvalue weighted by Gasteiger charge is 2.19. The summed E-state index contributed by atoms with van der Waals surface area (Å²) in [7, 11) is 0. The van der Waals surface area contributed by atoms with E-state index in [0.717, 1.165) is 37.2 Å². The summed E-state index contributed by atoms with van der Waals surface area (Å²) in [6, 6.07) is 22.1. The number of nitrogens with one attached hydrogen (secondary N) is 1. The first-order chi connectivity index (χ1) is 16.3. The smallest absolute Gasteiger partial charge is 0.255 e. The highest BCUT2D eigenvalue weighted by molar-refractivity contribution is 5.99. The Hall–Kier alpha value is -3.90. The van der Waals surface area contributed by atoms with Crippen LogP contribution < -0.4 is 5.32 Å². The molecule has 6 heteroatoms. The van der Waals surface area contributed by atoms with Crippen LogP contribution in [0, 0.1) is 0 Å². The van der Waals surface area contributed by atoms with E-state index in [-0.39, 0.29) is 5.91 Å². The molecule has 1 N–H and O–H groups in total. The summed E-state index contributed by atoms with van der Waals surface area (Å²) >= 11 is 0. The summed E-state index contributed by atoms with van der Waals surface area (Å²) in [6.45, 7) is 3.29. The maximum atomic E-state index is 13.1. The third kappa shape index (κ3) is 4.81. The first-order valence-electron chi connectivity index (χ1n) is 11.2. The van der Waals surface area contributed by atoms with Crippen LogP contribution in [0.2, 0.25) is 0 Å². The number of benzene rings is 2. The quantitative estimate of drug-likeness (QED) is 0.496. The number of hydrogen-bond acceptors (Lipinski definition) is 5. The van der Waals surface area contributed by atoms with Crippen LogP contribution in [0.1, 0.15) is 21.5 Å². The molecule has 0 saturated carbocycles. The highest BCUT2D eigenvalue weighted by atomic mass is 16.1. The van der Waals surface area contributed by atoms with Gasteiger partial charge in [-0.3, -0.25) is 14.7 Å². The maximum Gasteiger partial charge on any atom is 0.255 e. The van der Waals surface area contributed by atoms with Crippen LogP contribution >= 0.6 is 0 Å². The van der Waals surface area contributed by atoms with E-state index >= 15 is 0 Å². The summed E-state index contributed by atoms with van der Waals surface area (Å²) in [6.07, 6.45) is 6.08. The lowest BCUT2D eigenvalue weighted by atomic mass is 10.00. The lowest BCUT2D eigenvalue weighted by Gasteiger charge is -2.28. The van der Waals surface area contributed by atoms with Gasteiger partial charge in [0.2, 0.25) is 0 Å². The predicted molar refractivity (Wildman–Crippen MR) is 128 cm³/mol. The molecule has 4 aromatic rings. The van der Waals surface area contributed by atoms with Crippen molar-refractivity contribution < 1.29 is 4.79 Å². The van der Waals surface area contributed by atoms with Crippen molar-refractivity contribution in [2.45, 2.75) is 13.0 Å². The minimum Gasteiger partial charge on any atom is -0.351 e. The molecule has 0 fully saturated rings. The molecular formula is C27H25N5O. The van der Waals surface area contributed by atoms with Crippen molar-refractivity contribution in [3.63, 3.8) is 0 Å². The summed E-state index contributed by atoms with van der Waals surface area (Å²) in [5.74, 6) is 0.421. The summed E-state index contributed by atoms with van der Waals surface area (Å²) in [5.41, 5.74) is 5.61. The van der Waals surface area contributed by atoms with E-state index < -0.39 is 0 Å². The topological polar surface area (TPSA) is 71.0 Å². The van der Waals surface area contributed by atoms with Crippen molar-refractivity contribution in [2.24, 2.45) is 0 Å². The van der Waals surface area contributed by atoms with Crippen molar-refractivity contribution in [1.29, 1.82) is 0 Å². The molecule has 0 radical (unpaired) electrons. The van der Waals surface area contributed by atoms with Crippen LogP contribution in [0.3, 0.4) is 0 Å². The molecule has 0 bridgehead atoms. The van der Waals surface area contributed by atoms with Gasteiger partial charge in [-0.15, -0.1) is 0 Å². The Morgan fingerprint density at radius 3 is 2.48 bits per heavy atom. The number of aromatic nitrogens is 3. The van der Waals surface area contributed by atoms with Gasteiger partial charge in [-0.05, 0) is 29.7 Å². The second-order valence-electron chi connectivity index (χ2n) is 8.11. The molecule has 6 nitrogen and oxygen atoms in total. The van der Waals surface area contributed by atoms with E-state index in [9.17, 15) is 4.79 Å². The molecule has 164 valence electrons. The highest BCUT2D eigenvalue weighted by Crippen LogP contribution is 2.24. The number of carbonyl (C=O) groups excluding carboxylic acids is 1. The van der Waals surface area contributed by atoms with Crippen LogP contribution in [-0.4, -0.2) is 45.4 Å². The average molecular weight is 436 g/mol. The molecule has 0 spiro atoms. The Balaban J connectivity index is 1.31. The van der Waals surface area contributed by atoms with Gasteiger partial charge in [0.15, 0.2) is 5.82 Å². The predicted octanol–water partition coefficient (Wildman–Crippen LogP) is 3.99. The fraction of sp³-hybridized carbons (Fsp3) is 0.185. The van der Waals surface area contributed by atoms with Crippen molar-refractivity contribution in [1.82, 2.24) is 25.2 Å². The monoisotopic (exact) mass is 435 g/mol. The molecule has 1 aliphatic rings. The van der Waals surface area contributed by atoms with E-state index in [1.54, 1.807) is 18.6 Å². The standard InChI is InChI=1S/C27H25N5O/c33-27(29-15-17-32-16-12-20-6-4-5-9-23(20)19-32)24-18-30-26(22-7-2-1-3-8-22)31-25(24)21-10-13-28-14-11-21/h1-11,13-14,18H,12,15-17,19H2,(H,29,33). The van der Waals surface area contributed by atoms with Crippen LogP contribution in [0.4, 0.5) is 0 Å². The molecule has 0 aliphatic carbocycles. The number of rotatable bonds is 6. The summed E-state index contributed by atoms with van der Waals surface area (Å²) in [4.78, 5) is 28.8. The van der Waals surface area contributed by atoms with Gasteiger partial charge >= 0.3 is 0 Å². The van der Waals surface area contributed by atoms with E-state index in [2.05, 4.69) is 44.5 Å². The van der Waals surface area contributed by atoms with Crippen molar-refractivity contribution in [2.75, 3.05) is 19.6 Å². The Labute approximate surface area is 193 Å². The molecule has 33 heavy (non-hydrogen) atoms. The number of amides is 1. The van der Waals surface area contributed by atoms with Gasteiger partial charge in [-0.25, -0.2) is 9.97 Å². The van der Waals surface area contributed by atoms with Crippen LogP contribution in [-0.2, 0) is 13.0 Å². The number of carbonyl (C=O) groups is 1. The Kier molecular flexibility index (Phi) is 6.17. The number of pyridine rings is 1. The molecule has 2 aromatic carbocycles. The van der Waals surface area contributed by atoms with E-state index in [1.807, 2.05) is 42.5 Å². The van der Waals surface area contributed by atoms with Gasteiger partial charge in [0, 0.05) is 55.9 Å². The Morgan fingerprint density at radius 1 is 0.909 bits per heavy atom. The number of fused-ring (bicyclic) bond motifs is 1. The second-order valence-corrected chi connectivity index (χ2v) is 8.11. The van der Waals surface area contributed by atoms with E-state index in [1.165, 1.54) is 11.1 Å². The normalized spacial score (nSPS) is 13.3. The zero-order valence-corrected chi connectivity index (χ0v) is 18.3. The van der Waals surface area contributed by atoms with Crippen LogP contribution in [0.25, 0.3) is 22.6 Å². The summed E-state index contributed by atoms with van der Waals surface area (Å²) < 4.78 is 0. The van der Waals surface area contributed by atoms with Gasteiger partial charge in [0.25, 0.3) is 5.91 Å². The number of hydrogen-bond donors (Lipinski definition) is 1. The van der Waals surface area contributed by atoms with Crippen LogP contribution in [0.5, 0.6) is 0 Å². The van der Waals surface area contributed by atoms with Gasteiger partial charge in [0.05, 0.1) is 11.3 Å². The minimum atomic E-state index is -0.168. The first-order valence-corrected chi connectivity index (χ1v) is 11.2. The minimum absolute atomic E-state index is 0.168. The Morgan fingerprint density at radius 2 is 1.67 bits per heavy atom. The zero-order valence-electron chi connectivity index (χ0n) is 18.3. The third-order valence-electron chi connectivity index (χ3n) is 5.94. The van der Waals surface area contributed by atoms with Crippen LogP contribution in [0.15, 0.2) is 85.3 Å². The molecule has 0 atom stereocenters. The van der Waals surface area contributed by atoms with Crippen molar-refractivity contribution in [3.05, 3.63) is 102 Å². The lowest BCUT2D eigenvalue weighted by Crippen LogP contribution is -2.38. The molecule has 3 heterocycles. The third-order valence-corrected chi connectivity index (χ3v) is 5.94. The van der Waals surface area contributed by atoms with Gasteiger partial charge in [0.1, 0.15) is 0 Å². The molecule has 0 saturated heterocycles. The number of nitrogens with zero attached hydrogens (tertiary/aromatic N) is 4. The lowest BCUT2D eigenvalue weighted by molar-refractivity contribution is 0.0947. The molecular weight excluding hydrogens is 410 g/mol. The van der Waals surface area contributed by atoms with E-state index in [4.69, 9.17) is 4.98 Å². The summed E-state index contributed by atoms with van der Waals surface area (Å²) in [5, 5.41) is 3.06. The molecule has 1 aliphatic heterocycles. The largest absolute Gasteiger partial charge is 0.351 e. The van der Waals surface area contributed by atoms with Gasteiger partial charge in [-0.1, -0.05) is 54.6 Å². The maximum absolute atomic E-state index is 13.1. The van der Waals surface area contributed by atoms with E-state index in [0.29, 0.717) is 23.6 Å². The molecule has 5 rings (SSSR count). The van der Waals surface area contributed by atoms with Gasteiger partial charge < -0.3 is 5.32 Å². The second kappa shape index (κ2) is 9.71. The Bertz CT molecular complexity index is 1240. The average Bonchev–Trinajstić information content (AvgIpc) is 2.89. The zero-order chi connectivity index (χ0) is 22.5. The molecule has 2 aromatic heterocycles. The fourth-order valence-electron chi connectivity index (χ4n) is 4.17. The molecule has 1 amide bonds. The molecule has 0 unspecified atom stereocenters. The van der Waals surface area contributed by atoms with Crippen molar-refractivity contribution in [3.8, 4) is 22.6 Å². The first kappa shape index (κ1) is 21.0. The van der Waals surface area contributed by atoms with Gasteiger partial charge in [-0.2, -0.15) is 0 Å². The fourth-order valence-corrected chi connectivity index (χ4v) is 4.17.